The molecule has 0 fully saturated rings. The van der Waals surface area contributed by atoms with Crippen molar-refractivity contribution in [1.29, 1.82) is 0 Å². The number of hydrogen-bond acceptors (Lipinski definition) is 4. The van der Waals surface area contributed by atoms with Crippen LogP contribution in [-0.2, 0) is 4.79 Å². The van der Waals surface area contributed by atoms with Gasteiger partial charge >= 0.3 is 0 Å². The van der Waals surface area contributed by atoms with Crippen LogP contribution >= 0.6 is 15.9 Å². The van der Waals surface area contributed by atoms with Crippen molar-refractivity contribution in [3.05, 3.63) is 58.6 Å². The van der Waals surface area contributed by atoms with Crippen molar-refractivity contribution >= 4 is 33.7 Å². The van der Waals surface area contributed by atoms with Gasteiger partial charge in [0.2, 0.25) is 0 Å². The summed E-state index contributed by atoms with van der Waals surface area (Å²) in [6.45, 7) is 0.337. The lowest BCUT2D eigenvalue weighted by Crippen LogP contribution is -2.25. The van der Waals surface area contributed by atoms with Crippen LogP contribution in [0.25, 0.3) is 0 Å². The van der Waals surface area contributed by atoms with Gasteiger partial charge in [0.25, 0.3) is 5.91 Å². The third-order valence-electron chi connectivity index (χ3n) is 2.88. The van der Waals surface area contributed by atoms with Crippen LogP contribution in [0.4, 0.5) is 5.69 Å². The Hall–Kier alpha value is -2.78. The molecule has 0 heterocycles. The molecule has 0 aromatic heterocycles. The first-order valence-corrected chi connectivity index (χ1v) is 7.94. The summed E-state index contributed by atoms with van der Waals surface area (Å²) < 4.78 is 6.30. The molecule has 0 saturated heterocycles. The van der Waals surface area contributed by atoms with Crippen molar-refractivity contribution in [3.8, 4) is 18.1 Å². The summed E-state index contributed by atoms with van der Waals surface area (Å²) in [5.74, 6) is 2.81. The number of nitrogens with zero attached hydrogens (tertiary/aromatic N) is 1. The van der Waals surface area contributed by atoms with Gasteiger partial charge in [-0.2, -0.15) is 5.10 Å². The smallest absolute Gasteiger partial charge is 0.259 e. The molecule has 0 unspecified atom stereocenters. The first-order valence-electron chi connectivity index (χ1n) is 7.15. The number of halogens is 1. The molecule has 0 aliphatic carbocycles. The first kappa shape index (κ1) is 17.6. The molecule has 0 spiro atoms. The summed E-state index contributed by atoms with van der Waals surface area (Å²) >= 11 is 3.36. The number of hydrogen-bond donors (Lipinski definition) is 2. The standard InChI is InChI=1S/C18H16BrN3O2/c1-2-10-24-17-5-3-4-14(11-17)12-21-22-18(23)13-20-16-8-6-15(19)7-9-16/h1,3-9,11-12,20H,10,13H2,(H,22,23)/b21-12-. The van der Waals surface area contributed by atoms with Crippen molar-refractivity contribution in [2.24, 2.45) is 5.10 Å². The van der Waals surface area contributed by atoms with Crippen molar-refractivity contribution < 1.29 is 9.53 Å². The third kappa shape index (κ3) is 6.15. The molecule has 2 aromatic carbocycles. The molecule has 6 heteroatoms. The molecule has 0 bridgehead atoms. The molecule has 0 saturated carbocycles. The zero-order chi connectivity index (χ0) is 17.2. The summed E-state index contributed by atoms with van der Waals surface area (Å²) in [6.07, 6.45) is 6.69. The monoisotopic (exact) mass is 385 g/mol. The minimum absolute atomic E-state index is 0.129. The van der Waals surface area contributed by atoms with Gasteiger partial charge in [0, 0.05) is 10.2 Å². The molecule has 0 aliphatic heterocycles. The number of hydrazone groups is 1. The fourth-order valence-electron chi connectivity index (χ4n) is 1.78. The lowest BCUT2D eigenvalue weighted by molar-refractivity contribution is -0.119. The van der Waals surface area contributed by atoms with E-state index in [0.29, 0.717) is 5.75 Å². The van der Waals surface area contributed by atoms with E-state index in [-0.39, 0.29) is 19.1 Å². The van der Waals surface area contributed by atoms with Crippen molar-refractivity contribution in [2.45, 2.75) is 0 Å². The van der Waals surface area contributed by atoms with Crippen molar-refractivity contribution in [1.82, 2.24) is 5.43 Å². The van der Waals surface area contributed by atoms with Crippen LogP contribution in [0, 0.1) is 12.3 Å². The minimum Gasteiger partial charge on any atom is -0.481 e. The first-order chi connectivity index (χ1) is 11.7. The predicted octanol–water partition coefficient (Wildman–Crippen LogP) is 3.02. The van der Waals surface area contributed by atoms with Gasteiger partial charge in [0.15, 0.2) is 0 Å². The fourth-order valence-corrected chi connectivity index (χ4v) is 2.04. The Labute approximate surface area is 149 Å². The summed E-state index contributed by atoms with van der Waals surface area (Å²) in [5.41, 5.74) is 4.12. The highest BCUT2D eigenvalue weighted by Gasteiger charge is 1.99. The van der Waals surface area contributed by atoms with Crippen molar-refractivity contribution in [2.75, 3.05) is 18.5 Å². The number of nitrogens with one attached hydrogen (secondary N) is 2. The van der Waals surface area contributed by atoms with Gasteiger partial charge in [0.1, 0.15) is 12.4 Å². The zero-order valence-electron chi connectivity index (χ0n) is 12.8. The molecule has 0 atom stereocenters. The number of rotatable bonds is 7. The van der Waals surface area contributed by atoms with Gasteiger partial charge in [-0.25, -0.2) is 5.43 Å². The Morgan fingerprint density at radius 3 is 2.83 bits per heavy atom. The highest BCUT2D eigenvalue weighted by atomic mass is 79.9. The third-order valence-corrected chi connectivity index (χ3v) is 3.41. The van der Waals surface area contributed by atoms with E-state index in [1.807, 2.05) is 36.4 Å². The lowest BCUT2D eigenvalue weighted by Gasteiger charge is -2.05. The Balaban J connectivity index is 1.79. The average molecular weight is 386 g/mol. The summed E-state index contributed by atoms with van der Waals surface area (Å²) in [5, 5.41) is 6.93. The SMILES string of the molecule is C#CCOc1cccc(/C=N\NC(=O)CNc2ccc(Br)cc2)c1. The van der Waals surface area contributed by atoms with Gasteiger partial charge in [-0.05, 0) is 42.0 Å². The molecular weight excluding hydrogens is 370 g/mol. The molecule has 2 N–H and O–H groups in total. The van der Waals surface area contributed by atoms with Crippen molar-refractivity contribution in [3.63, 3.8) is 0 Å². The fraction of sp³-hybridized carbons (Fsp3) is 0.111. The van der Waals surface area contributed by atoms with Crippen LogP contribution < -0.4 is 15.5 Å². The number of benzene rings is 2. The van der Waals surface area contributed by atoms with Gasteiger partial charge in [-0.15, -0.1) is 6.42 Å². The number of amides is 1. The maximum atomic E-state index is 11.7. The van der Waals surface area contributed by atoms with Crippen LogP contribution in [0.5, 0.6) is 5.75 Å². The van der Waals surface area contributed by atoms with E-state index in [1.54, 1.807) is 18.3 Å². The molecule has 122 valence electrons. The molecule has 2 aromatic rings. The number of carbonyl (C=O) groups excluding carboxylic acids is 1. The second-order valence-corrected chi connectivity index (χ2v) is 5.63. The highest BCUT2D eigenvalue weighted by molar-refractivity contribution is 9.10. The van der Waals surface area contributed by atoms with E-state index in [2.05, 4.69) is 37.7 Å². The summed E-state index contributed by atoms with van der Waals surface area (Å²) in [6, 6.07) is 14.8. The Bertz CT molecular complexity index is 752. The van der Waals surface area contributed by atoms with Gasteiger partial charge < -0.3 is 10.1 Å². The molecule has 24 heavy (non-hydrogen) atoms. The normalized spacial score (nSPS) is 10.2. The number of ether oxygens (including phenoxy) is 1. The molecule has 1 amide bonds. The number of anilines is 1. The predicted molar refractivity (Wildman–Crippen MR) is 99.1 cm³/mol. The topological polar surface area (TPSA) is 62.7 Å². The van der Waals surface area contributed by atoms with Gasteiger partial charge in [-0.3, -0.25) is 4.79 Å². The molecular formula is C18H16BrN3O2. The Kier molecular flexibility index (Phi) is 6.87. The molecule has 0 radical (unpaired) electrons. The van der Waals surface area contributed by atoms with Crippen LogP contribution in [0.2, 0.25) is 0 Å². The average Bonchev–Trinajstić information content (AvgIpc) is 2.60. The second kappa shape index (κ2) is 9.38. The van der Waals surface area contributed by atoms with Crippen LogP contribution in [0.15, 0.2) is 58.1 Å². The van der Waals surface area contributed by atoms with Crippen LogP contribution in [0.3, 0.4) is 0 Å². The lowest BCUT2D eigenvalue weighted by atomic mass is 10.2. The van der Waals surface area contributed by atoms with E-state index in [9.17, 15) is 4.79 Å². The van der Waals surface area contributed by atoms with E-state index < -0.39 is 0 Å². The van der Waals surface area contributed by atoms with Gasteiger partial charge in [-0.1, -0.05) is 34.0 Å². The minimum atomic E-state index is -0.242. The van der Waals surface area contributed by atoms with E-state index in [4.69, 9.17) is 11.2 Å². The maximum absolute atomic E-state index is 11.7. The Morgan fingerprint density at radius 1 is 1.29 bits per heavy atom. The number of terminal acetylenes is 1. The highest BCUT2D eigenvalue weighted by Crippen LogP contribution is 2.13. The van der Waals surface area contributed by atoms with Gasteiger partial charge in [0.05, 0.1) is 12.8 Å². The van der Waals surface area contributed by atoms with E-state index in [1.165, 1.54) is 0 Å². The summed E-state index contributed by atoms with van der Waals surface area (Å²) in [7, 11) is 0. The number of carbonyl (C=O) groups is 1. The molecule has 2 rings (SSSR count). The quantitative estimate of drug-likeness (QED) is 0.437. The second-order valence-electron chi connectivity index (χ2n) is 4.72. The van der Waals surface area contributed by atoms with E-state index >= 15 is 0 Å². The molecule has 5 nitrogen and oxygen atoms in total. The Morgan fingerprint density at radius 2 is 2.08 bits per heavy atom. The zero-order valence-corrected chi connectivity index (χ0v) is 14.4. The van der Waals surface area contributed by atoms with Crippen LogP contribution in [-0.4, -0.2) is 25.3 Å². The molecule has 0 aliphatic rings. The maximum Gasteiger partial charge on any atom is 0.259 e. The summed E-state index contributed by atoms with van der Waals surface area (Å²) in [4.78, 5) is 11.7. The van der Waals surface area contributed by atoms with E-state index in [0.717, 1.165) is 15.7 Å². The van der Waals surface area contributed by atoms with Crippen LogP contribution in [0.1, 0.15) is 5.56 Å². The largest absolute Gasteiger partial charge is 0.481 e.